The first-order valence-electron chi connectivity index (χ1n) is 17.3. The van der Waals surface area contributed by atoms with Crippen LogP contribution in [0, 0.1) is 23.7 Å². The highest BCUT2D eigenvalue weighted by Crippen LogP contribution is 2.77. The number of ether oxygens (including phenoxy) is 8. The Hall–Kier alpha value is -2.58. The van der Waals surface area contributed by atoms with Crippen molar-refractivity contribution in [2.24, 2.45) is 23.7 Å². The molecule has 6 heterocycles. The summed E-state index contributed by atoms with van der Waals surface area (Å²) in [6.45, 7) is 12.4. The molecule has 6 aliphatic heterocycles. The van der Waals surface area contributed by atoms with Crippen molar-refractivity contribution in [1.82, 2.24) is 0 Å². The molecule has 9 rings (SSSR count). The van der Waals surface area contributed by atoms with E-state index in [1.165, 1.54) is 6.92 Å². The third-order valence-electron chi connectivity index (χ3n) is 13.9. The smallest absolute Gasteiger partial charge is 0.341 e. The summed E-state index contributed by atoms with van der Waals surface area (Å²) >= 11 is 0. The molecule has 0 radical (unpaired) electrons. The quantitative estimate of drug-likeness (QED) is 0.199. The maximum atomic E-state index is 13.6. The molecule has 0 aromatic rings. The molecule has 0 aromatic heterocycles. The average Bonchev–Trinajstić information content (AvgIpc) is 3.71. The Morgan fingerprint density at radius 3 is 2.35 bits per heavy atom. The average molecular weight is 673 g/mol. The number of hydrogen-bond acceptors (Lipinski definition) is 13. The van der Waals surface area contributed by atoms with E-state index in [0.717, 1.165) is 0 Å². The van der Waals surface area contributed by atoms with Gasteiger partial charge in [-0.15, -0.1) is 0 Å². The van der Waals surface area contributed by atoms with Gasteiger partial charge in [0.25, 0.3) is 0 Å². The molecule has 3 saturated carbocycles. The van der Waals surface area contributed by atoms with Gasteiger partial charge in [0.2, 0.25) is 0 Å². The molecule has 13 heteroatoms. The number of carbonyl (C=O) groups is 4. The first-order chi connectivity index (χ1) is 22.5. The summed E-state index contributed by atoms with van der Waals surface area (Å²) in [5.74, 6) is -3.56. The van der Waals surface area contributed by atoms with E-state index in [4.69, 9.17) is 37.9 Å². The van der Waals surface area contributed by atoms with E-state index in [9.17, 15) is 24.3 Å². The fraction of sp³-hybridized carbons (Fsp3) is 0.829. The first kappa shape index (κ1) is 31.4. The monoisotopic (exact) mass is 672 g/mol. The molecule has 3 spiro atoms. The van der Waals surface area contributed by atoms with Crippen LogP contribution in [0.4, 0.5) is 0 Å². The van der Waals surface area contributed by atoms with E-state index in [1.54, 1.807) is 26.8 Å². The number of carbonyl (C=O) groups excluding carboxylic acids is 4. The number of fused-ring (bicyclic) bond motifs is 2. The van der Waals surface area contributed by atoms with Gasteiger partial charge in [-0.3, -0.25) is 9.59 Å². The number of rotatable bonds is 4. The number of cyclic esters (lactones) is 1. The highest BCUT2D eigenvalue weighted by Gasteiger charge is 2.92. The molecule has 6 saturated heterocycles. The van der Waals surface area contributed by atoms with Crippen molar-refractivity contribution in [1.29, 1.82) is 0 Å². The fourth-order valence-corrected chi connectivity index (χ4v) is 11.9. The summed E-state index contributed by atoms with van der Waals surface area (Å²) < 4.78 is 50.8. The molecule has 1 N–H and O–H groups in total. The topological polar surface area (TPSA) is 169 Å². The summed E-state index contributed by atoms with van der Waals surface area (Å²) in [7, 11) is 0. The summed E-state index contributed by atoms with van der Waals surface area (Å²) in [6, 6.07) is 0. The minimum absolute atomic E-state index is 0.0182. The Kier molecular flexibility index (Phi) is 6.02. The highest BCUT2D eigenvalue weighted by atomic mass is 16.7. The predicted molar refractivity (Wildman–Crippen MR) is 159 cm³/mol. The summed E-state index contributed by atoms with van der Waals surface area (Å²) in [6.07, 6.45) is -2.22. The minimum Gasteiger partial charge on any atom is -0.459 e. The Morgan fingerprint density at radius 1 is 0.958 bits per heavy atom. The minimum atomic E-state index is -1.70. The first-order valence-corrected chi connectivity index (χ1v) is 17.3. The van der Waals surface area contributed by atoms with Gasteiger partial charge in [-0.05, 0) is 53.4 Å². The lowest BCUT2D eigenvalue weighted by atomic mass is 9.55. The molecule has 48 heavy (non-hydrogen) atoms. The van der Waals surface area contributed by atoms with Crippen LogP contribution in [0.5, 0.6) is 0 Å². The van der Waals surface area contributed by atoms with Crippen molar-refractivity contribution < 1.29 is 62.2 Å². The second kappa shape index (κ2) is 9.20. The van der Waals surface area contributed by atoms with Gasteiger partial charge in [-0.25, -0.2) is 9.59 Å². The standard InChI is InChI=1S/C35H44O13/c1-8-14(2)28(38)42-18-10-19-30(5,6)44-20-11-23(37)46-33(19,20)13-32(40)12-22(41-16(4)36)34-17(9-21-35(34,45-21)26(18)32)15(3)24(47-34)25-27-31(7,48-27)29(39)43-25/h8,15,17-22,24-27,40H,9-13H2,1-7H3/b14-8-/t15-,17+,18+,19-,20+,21-,22-,24+,25+,26+,27-,31-,32-,33+,34+,35+/m0/s1. The third-order valence-corrected chi connectivity index (χ3v) is 13.9. The van der Waals surface area contributed by atoms with E-state index in [0.29, 0.717) is 12.0 Å². The lowest BCUT2D eigenvalue weighted by Crippen LogP contribution is -2.73. The Labute approximate surface area is 278 Å². The normalized spacial score (nSPS) is 56.2. The van der Waals surface area contributed by atoms with Gasteiger partial charge in [0.15, 0.2) is 11.7 Å². The maximum absolute atomic E-state index is 13.6. The van der Waals surface area contributed by atoms with Crippen LogP contribution in [-0.2, 0) is 57.1 Å². The van der Waals surface area contributed by atoms with Crippen LogP contribution >= 0.6 is 0 Å². The molecule has 0 bridgehead atoms. The van der Waals surface area contributed by atoms with Crippen LogP contribution in [0.3, 0.4) is 0 Å². The number of epoxide rings is 2. The molecular weight excluding hydrogens is 628 g/mol. The fourth-order valence-electron chi connectivity index (χ4n) is 11.9. The van der Waals surface area contributed by atoms with Gasteiger partial charge in [0, 0.05) is 37.2 Å². The lowest BCUT2D eigenvalue weighted by Gasteiger charge is -2.56. The Morgan fingerprint density at radius 2 is 1.71 bits per heavy atom. The number of allylic oxidation sites excluding steroid dienone is 1. The van der Waals surface area contributed by atoms with Crippen LogP contribution in [0.25, 0.3) is 0 Å². The van der Waals surface area contributed by atoms with Crippen molar-refractivity contribution in [2.45, 2.75) is 157 Å². The molecule has 9 fully saturated rings. The number of aliphatic hydroxyl groups is 1. The maximum Gasteiger partial charge on any atom is 0.341 e. The highest BCUT2D eigenvalue weighted by molar-refractivity contribution is 5.88. The molecule has 0 unspecified atom stereocenters. The van der Waals surface area contributed by atoms with E-state index in [2.05, 4.69) is 0 Å². The van der Waals surface area contributed by atoms with Crippen LogP contribution in [0.15, 0.2) is 11.6 Å². The zero-order valence-corrected chi connectivity index (χ0v) is 28.3. The summed E-state index contributed by atoms with van der Waals surface area (Å²) in [5, 5.41) is 13.2. The van der Waals surface area contributed by atoms with E-state index in [1.807, 2.05) is 20.8 Å². The molecule has 3 aliphatic carbocycles. The van der Waals surface area contributed by atoms with E-state index >= 15 is 0 Å². The molecule has 262 valence electrons. The largest absolute Gasteiger partial charge is 0.459 e. The van der Waals surface area contributed by atoms with Crippen molar-refractivity contribution in [2.75, 3.05) is 0 Å². The molecule has 0 aromatic carbocycles. The number of esters is 4. The molecule has 9 aliphatic rings. The third kappa shape index (κ3) is 3.55. The Bertz CT molecular complexity index is 1570. The van der Waals surface area contributed by atoms with Crippen LogP contribution in [0.2, 0.25) is 0 Å². The van der Waals surface area contributed by atoms with Crippen molar-refractivity contribution >= 4 is 23.9 Å². The van der Waals surface area contributed by atoms with Gasteiger partial charge < -0.3 is 43.0 Å². The van der Waals surface area contributed by atoms with Gasteiger partial charge >= 0.3 is 23.9 Å². The van der Waals surface area contributed by atoms with Crippen molar-refractivity contribution in [3.8, 4) is 0 Å². The molecule has 16 atom stereocenters. The lowest BCUT2D eigenvalue weighted by molar-refractivity contribution is -0.276. The molecule has 0 amide bonds. The summed E-state index contributed by atoms with van der Waals surface area (Å²) in [4.78, 5) is 52.1. The summed E-state index contributed by atoms with van der Waals surface area (Å²) in [5.41, 5.74) is -6.76. The predicted octanol–water partition coefficient (Wildman–Crippen LogP) is 1.83. The zero-order valence-electron chi connectivity index (χ0n) is 28.3. The van der Waals surface area contributed by atoms with Crippen LogP contribution in [0.1, 0.15) is 80.6 Å². The van der Waals surface area contributed by atoms with Crippen LogP contribution < -0.4 is 0 Å². The molecule has 13 nitrogen and oxygen atoms in total. The van der Waals surface area contributed by atoms with E-state index < -0.39 is 106 Å². The number of hydrogen-bond donors (Lipinski definition) is 1. The Balaban J connectivity index is 1.20. The van der Waals surface area contributed by atoms with Crippen molar-refractivity contribution in [3.63, 3.8) is 0 Å². The second-order valence-corrected chi connectivity index (χ2v) is 16.6. The van der Waals surface area contributed by atoms with Gasteiger partial charge in [-0.2, -0.15) is 0 Å². The second-order valence-electron chi connectivity index (χ2n) is 16.6. The van der Waals surface area contributed by atoms with Crippen LogP contribution in [-0.4, -0.2) is 105 Å². The molecular formula is C35H44O13. The zero-order chi connectivity index (χ0) is 34.1. The van der Waals surface area contributed by atoms with Gasteiger partial charge in [0.05, 0.1) is 29.6 Å². The van der Waals surface area contributed by atoms with Gasteiger partial charge in [0.1, 0.15) is 47.3 Å². The van der Waals surface area contributed by atoms with Crippen molar-refractivity contribution in [3.05, 3.63) is 11.6 Å². The SMILES string of the molecule is C/C=C(/C)C(=O)O[C@@H]1C[C@H]2C(C)(C)O[C@@H]3CC(=O)O[C@@]32C[C@@]2(O)C[C@H](OC(C)=O)[C@]34O[C@@H]([C@H]5OC(=O)[C@@]6(C)O[C@@H]56)[C@@H](C)[C@H]3C[C@@H]3O[C@@]34[C@H]12. The van der Waals surface area contributed by atoms with Gasteiger partial charge in [-0.1, -0.05) is 13.0 Å². The van der Waals surface area contributed by atoms with E-state index in [-0.39, 0.29) is 43.6 Å².